The number of fused-ring (bicyclic) bond motifs is 4. The van der Waals surface area contributed by atoms with Crippen molar-refractivity contribution in [2.24, 2.45) is 11.8 Å². The number of H-pyrrole nitrogens is 1. The molecule has 1 N–H and O–H groups in total. The third-order valence-corrected chi connectivity index (χ3v) is 8.13. The molecule has 2 aliphatic carbocycles. The van der Waals surface area contributed by atoms with Gasteiger partial charge in [0.2, 0.25) is 0 Å². The molecule has 3 nitrogen and oxygen atoms in total. The zero-order chi connectivity index (χ0) is 20.3. The minimum absolute atomic E-state index is 0.173. The van der Waals surface area contributed by atoms with Gasteiger partial charge in [-0.3, -0.25) is 0 Å². The normalized spacial score (nSPS) is 26.4. The van der Waals surface area contributed by atoms with Crippen molar-refractivity contribution in [1.29, 1.82) is 0 Å². The molecule has 4 heteroatoms. The number of methoxy groups -OCH3 is 1. The number of ether oxygens (including phenoxy) is 1. The summed E-state index contributed by atoms with van der Waals surface area (Å²) in [6, 6.07) is 15.2. The van der Waals surface area contributed by atoms with E-state index in [0.717, 1.165) is 29.5 Å². The van der Waals surface area contributed by atoms with Gasteiger partial charge in [-0.05, 0) is 85.9 Å². The topological polar surface area (TPSA) is 28.3 Å². The fourth-order valence-electron chi connectivity index (χ4n) is 6.11. The van der Waals surface area contributed by atoms with Gasteiger partial charge in [0.25, 0.3) is 0 Å². The molecule has 1 saturated heterocycles. The van der Waals surface area contributed by atoms with Gasteiger partial charge >= 0.3 is 0 Å². The summed E-state index contributed by atoms with van der Waals surface area (Å²) >= 11 is 6.29. The zero-order valence-electron chi connectivity index (χ0n) is 17.6. The summed E-state index contributed by atoms with van der Waals surface area (Å²) in [4.78, 5) is 6.48. The largest absolute Gasteiger partial charge is 0.497 e. The Balaban J connectivity index is 1.44. The van der Waals surface area contributed by atoms with Crippen LogP contribution in [0.1, 0.15) is 36.1 Å². The van der Waals surface area contributed by atoms with Crippen LogP contribution in [-0.4, -0.2) is 36.6 Å². The van der Waals surface area contributed by atoms with Gasteiger partial charge in [-0.2, -0.15) is 0 Å². The lowest BCUT2D eigenvalue weighted by Gasteiger charge is -2.51. The van der Waals surface area contributed by atoms with Crippen LogP contribution in [0.4, 0.5) is 0 Å². The van der Waals surface area contributed by atoms with Crippen molar-refractivity contribution in [3.63, 3.8) is 0 Å². The number of benzene rings is 2. The predicted octanol–water partition coefficient (Wildman–Crippen LogP) is 5.60. The molecule has 0 radical (unpaired) electrons. The second kappa shape index (κ2) is 7.03. The maximum Gasteiger partial charge on any atom is 0.119 e. The van der Waals surface area contributed by atoms with Gasteiger partial charge in [-0.25, -0.2) is 0 Å². The molecular formula is C26H29ClN2O. The Labute approximate surface area is 183 Å². The number of aromatic amines is 1. The first kappa shape index (κ1) is 18.8. The molecule has 156 valence electrons. The Morgan fingerprint density at radius 3 is 2.93 bits per heavy atom. The van der Waals surface area contributed by atoms with Gasteiger partial charge in [0.15, 0.2) is 0 Å². The van der Waals surface area contributed by atoms with Crippen molar-refractivity contribution in [3.8, 4) is 5.75 Å². The molecular weight excluding hydrogens is 392 g/mol. The molecule has 0 bridgehead atoms. The number of likely N-dealkylation sites (tertiary alicyclic amines) is 1. The Morgan fingerprint density at radius 2 is 2.10 bits per heavy atom. The monoisotopic (exact) mass is 420 g/mol. The molecule has 1 aliphatic heterocycles. The summed E-state index contributed by atoms with van der Waals surface area (Å²) in [6.45, 7) is 3.69. The van der Waals surface area contributed by atoms with E-state index in [1.54, 1.807) is 7.11 Å². The minimum Gasteiger partial charge on any atom is -0.497 e. The molecule has 3 aliphatic rings. The lowest BCUT2D eigenvalue weighted by Crippen LogP contribution is -2.54. The standard InChI is InChI=1S/C26H29ClN2O/c1-30-21-4-2-3-18(11-21)26-9-10-29(15-17-5-6-17)16-19(26)12-23-22-8-7-20(27)13-24(22)28-25(23)14-26/h2-4,7-8,11,13,17,19,28H,5-6,9-10,12,14-16H2,1H3/t19?,26-/m1/s1. The lowest BCUT2D eigenvalue weighted by atomic mass is 9.58. The quantitative estimate of drug-likeness (QED) is 0.595. The van der Waals surface area contributed by atoms with Gasteiger partial charge in [-0.15, -0.1) is 0 Å². The number of hydrogen-bond donors (Lipinski definition) is 1. The molecule has 30 heavy (non-hydrogen) atoms. The highest BCUT2D eigenvalue weighted by Crippen LogP contribution is 2.50. The maximum atomic E-state index is 6.29. The van der Waals surface area contributed by atoms with Crippen LogP contribution in [0.2, 0.25) is 5.02 Å². The van der Waals surface area contributed by atoms with Gasteiger partial charge in [0.05, 0.1) is 7.11 Å². The first-order chi connectivity index (χ1) is 14.6. The lowest BCUT2D eigenvalue weighted by molar-refractivity contribution is 0.0783. The second-order valence-corrected chi connectivity index (χ2v) is 10.1. The molecule has 2 atom stereocenters. The Kier molecular flexibility index (Phi) is 4.40. The first-order valence-electron chi connectivity index (χ1n) is 11.3. The van der Waals surface area contributed by atoms with Crippen molar-refractivity contribution in [2.75, 3.05) is 26.7 Å². The number of hydrogen-bond acceptors (Lipinski definition) is 2. The van der Waals surface area contributed by atoms with Crippen molar-refractivity contribution in [3.05, 3.63) is 64.3 Å². The fraction of sp³-hybridized carbons (Fsp3) is 0.462. The molecule has 2 fully saturated rings. The molecule has 1 aromatic heterocycles. The summed E-state index contributed by atoms with van der Waals surface area (Å²) in [5.74, 6) is 2.54. The van der Waals surface area contributed by atoms with Crippen LogP contribution >= 0.6 is 11.6 Å². The van der Waals surface area contributed by atoms with E-state index >= 15 is 0 Å². The predicted molar refractivity (Wildman–Crippen MR) is 123 cm³/mol. The number of aromatic nitrogens is 1. The molecule has 0 spiro atoms. The molecule has 2 aromatic carbocycles. The zero-order valence-corrected chi connectivity index (χ0v) is 18.3. The highest BCUT2D eigenvalue weighted by atomic mass is 35.5. The van der Waals surface area contributed by atoms with Crippen LogP contribution in [0.25, 0.3) is 10.9 Å². The highest BCUT2D eigenvalue weighted by molar-refractivity contribution is 6.31. The summed E-state index contributed by atoms with van der Waals surface area (Å²) in [5, 5.41) is 2.16. The van der Waals surface area contributed by atoms with Crippen LogP contribution in [0.15, 0.2) is 42.5 Å². The highest BCUT2D eigenvalue weighted by Gasteiger charge is 2.48. The van der Waals surface area contributed by atoms with Crippen LogP contribution in [0.3, 0.4) is 0 Å². The van der Waals surface area contributed by atoms with E-state index in [2.05, 4.69) is 46.3 Å². The Morgan fingerprint density at radius 1 is 1.20 bits per heavy atom. The Bertz CT molecular complexity index is 1100. The SMILES string of the molecule is COc1cccc([C@]23CCN(CC4CC4)CC2Cc2c([nH]c4cc(Cl)ccc24)C3)c1. The first-order valence-corrected chi connectivity index (χ1v) is 11.7. The fourth-order valence-corrected chi connectivity index (χ4v) is 6.28. The molecule has 0 amide bonds. The molecule has 6 rings (SSSR count). The van der Waals surface area contributed by atoms with E-state index in [0.29, 0.717) is 5.92 Å². The van der Waals surface area contributed by atoms with E-state index < -0.39 is 0 Å². The van der Waals surface area contributed by atoms with Crippen LogP contribution in [-0.2, 0) is 18.3 Å². The number of nitrogens with one attached hydrogen (secondary N) is 1. The number of nitrogens with zero attached hydrogens (tertiary/aromatic N) is 1. The third kappa shape index (κ3) is 3.06. The van der Waals surface area contributed by atoms with Crippen molar-refractivity contribution in [2.45, 2.75) is 37.5 Å². The average Bonchev–Trinajstić information content (AvgIpc) is 3.51. The van der Waals surface area contributed by atoms with Gasteiger partial charge in [0.1, 0.15) is 5.75 Å². The smallest absolute Gasteiger partial charge is 0.119 e. The van der Waals surface area contributed by atoms with E-state index in [-0.39, 0.29) is 5.41 Å². The van der Waals surface area contributed by atoms with E-state index in [4.69, 9.17) is 16.3 Å². The van der Waals surface area contributed by atoms with Crippen LogP contribution in [0, 0.1) is 11.8 Å². The third-order valence-electron chi connectivity index (χ3n) is 7.89. The number of piperidine rings is 1. The minimum atomic E-state index is 0.173. The second-order valence-electron chi connectivity index (χ2n) is 9.69. The van der Waals surface area contributed by atoms with Crippen LogP contribution < -0.4 is 4.74 Å². The molecule has 3 aromatic rings. The van der Waals surface area contributed by atoms with Gasteiger partial charge in [0, 0.05) is 40.1 Å². The van der Waals surface area contributed by atoms with E-state index in [1.165, 1.54) is 66.6 Å². The molecule has 1 saturated carbocycles. The summed E-state index contributed by atoms with van der Waals surface area (Å²) < 4.78 is 5.60. The summed E-state index contributed by atoms with van der Waals surface area (Å²) in [5.41, 5.74) is 5.72. The van der Waals surface area contributed by atoms with E-state index in [1.807, 2.05) is 6.07 Å². The summed E-state index contributed by atoms with van der Waals surface area (Å²) in [7, 11) is 1.77. The van der Waals surface area contributed by atoms with Crippen LogP contribution in [0.5, 0.6) is 5.75 Å². The maximum absolute atomic E-state index is 6.29. The van der Waals surface area contributed by atoms with E-state index in [9.17, 15) is 0 Å². The Hall–Kier alpha value is -1.97. The number of rotatable bonds is 4. The van der Waals surface area contributed by atoms with Crippen molar-refractivity contribution >= 4 is 22.5 Å². The summed E-state index contributed by atoms with van der Waals surface area (Å²) in [6.07, 6.45) is 6.28. The molecule has 2 heterocycles. The van der Waals surface area contributed by atoms with Crippen molar-refractivity contribution in [1.82, 2.24) is 9.88 Å². The molecule has 1 unspecified atom stereocenters. The van der Waals surface area contributed by atoms with Gasteiger partial charge < -0.3 is 14.6 Å². The number of halogens is 1. The van der Waals surface area contributed by atoms with Crippen molar-refractivity contribution < 1.29 is 4.74 Å². The van der Waals surface area contributed by atoms with Gasteiger partial charge in [-0.1, -0.05) is 29.8 Å². The average molecular weight is 421 g/mol.